The highest BCUT2D eigenvalue weighted by Gasteiger charge is 2.21. The fourth-order valence-corrected chi connectivity index (χ4v) is 2.54. The van der Waals surface area contributed by atoms with Gasteiger partial charge in [-0.3, -0.25) is 9.59 Å². The molecule has 0 saturated carbocycles. The Balaban J connectivity index is 2.24. The Morgan fingerprint density at radius 3 is 2.17 bits per heavy atom. The number of aromatic hydroxyl groups is 1. The second-order valence-electron chi connectivity index (χ2n) is 5.11. The minimum absolute atomic E-state index is 0.132. The van der Waals surface area contributed by atoms with E-state index >= 15 is 0 Å². The van der Waals surface area contributed by atoms with Crippen LogP contribution >= 0.6 is 0 Å². The number of imidazole rings is 1. The predicted molar refractivity (Wildman–Crippen MR) is 88.2 cm³/mol. The van der Waals surface area contributed by atoms with Crippen LogP contribution in [0.5, 0.6) is 5.88 Å². The first-order valence-corrected chi connectivity index (χ1v) is 7.06. The van der Waals surface area contributed by atoms with Crippen LogP contribution in [-0.4, -0.2) is 26.9 Å². The number of rotatable bonds is 4. The quantitative estimate of drug-likeness (QED) is 0.580. The van der Waals surface area contributed by atoms with Crippen LogP contribution in [0.25, 0.3) is 22.5 Å². The Labute approximate surface area is 137 Å². The van der Waals surface area contributed by atoms with Crippen LogP contribution < -0.4 is 11.5 Å². The molecule has 2 aromatic carbocycles. The van der Waals surface area contributed by atoms with Crippen LogP contribution in [0.3, 0.4) is 0 Å². The van der Waals surface area contributed by atoms with Crippen LogP contribution in [0.1, 0.15) is 20.8 Å². The van der Waals surface area contributed by atoms with Crippen molar-refractivity contribution < 1.29 is 14.7 Å². The topological polar surface area (TPSA) is 135 Å². The Morgan fingerprint density at radius 2 is 1.58 bits per heavy atom. The van der Waals surface area contributed by atoms with Gasteiger partial charge in [0.2, 0.25) is 11.8 Å². The van der Waals surface area contributed by atoms with Crippen molar-refractivity contribution in [3.63, 3.8) is 0 Å². The van der Waals surface area contributed by atoms with Crippen molar-refractivity contribution in [2.75, 3.05) is 0 Å². The number of carbonyl (C=O) groups excluding carboxylic acids is 2. The van der Waals surface area contributed by atoms with E-state index in [4.69, 9.17) is 11.5 Å². The summed E-state index contributed by atoms with van der Waals surface area (Å²) in [5.74, 6) is -1.86. The van der Waals surface area contributed by atoms with Crippen molar-refractivity contribution in [2.45, 2.75) is 0 Å². The average Bonchev–Trinajstić information content (AvgIpc) is 2.97. The molecule has 0 bridgehead atoms. The summed E-state index contributed by atoms with van der Waals surface area (Å²) in [7, 11) is 0. The highest BCUT2D eigenvalue weighted by Crippen LogP contribution is 2.32. The van der Waals surface area contributed by atoms with E-state index in [1.807, 2.05) is 30.3 Å². The van der Waals surface area contributed by atoms with Crippen molar-refractivity contribution in [1.29, 1.82) is 0 Å². The molecule has 1 aromatic heterocycles. The van der Waals surface area contributed by atoms with E-state index in [2.05, 4.69) is 9.97 Å². The van der Waals surface area contributed by atoms with Gasteiger partial charge in [-0.05, 0) is 11.1 Å². The summed E-state index contributed by atoms with van der Waals surface area (Å²) in [6, 6.07) is 14.4. The van der Waals surface area contributed by atoms with Gasteiger partial charge >= 0.3 is 0 Å². The van der Waals surface area contributed by atoms with Crippen LogP contribution in [0.4, 0.5) is 0 Å². The summed E-state index contributed by atoms with van der Waals surface area (Å²) in [5, 5.41) is 9.74. The molecule has 1 heterocycles. The number of H-pyrrole nitrogens is 1. The Kier molecular flexibility index (Phi) is 3.75. The van der Waals surface area contributed by atoms with Gasteiger partial charge in [0.05, 0.1) is 5.56 Å². The van der Waals surface area contributed by atoms with Crippen molar-refractivity contribution in [1.82, 2.24) is 9.97 Å². The molecule has 7 heteroatoms. The van der Waals surface area contributed by atoms with Crippen LogP contribution in [-0.2, 0) is 0 Å². The van der Waals surface area contributed by atoms with Gasteiger partial charge in [0.25, 0.3) is 5.91 Å². The van der Waals surface area contributed by atoms with E-state index in [-0.39, 0.29) is 17.1 Å². The molecule has 2 amide bonds. The first-order chi connectivity index (χ1) is 11.5. The van der Waals surface area contributed by atoms with E-state index in [0.29, 0.717) is 11.1 Å². The van der Waals surface area contributed by atoms with Gasteiger partial charge in [0.15, 0.2) is 5.69 Å². The smallest absolute Gasteiger partial charge is 0.272 e. The lowest BCUT2D eigenvalue weighted by Crippen LogP contribution is -2.14. The van der Waals surface area contributed by atoms with E-state index in [0.717, 1.165) is 5.56 Å². The molecule has 120 valence electrons. The van der Waals surface area contributed by atoms with Crippen LogP contribution in [0.2, 0.25) is 0 Å². The Morgan fingerprint density at radius 1 is 0.917 bits per heavy atom. The SMILES string of the molecule is NC(=O)c1nc(-c2cccc(-c3ccccc3)c2C(N)=O)[nH]c1O. The van der Waals surface area contributed by atoms with Gasteiger partial charge < -0.3 is 21.6 Å². The van der Waals surface area contributed by atoms with Gasteiger partial charge in [-0.15, -0.1) is 0 Å². The number of carbonyl (C=O) groups is 2. The minimum Gasteiger partial charge on any atom is -0.493 e. The third-order valence-electron chi connectivity index (χ3n) is 3.57. The normalized spacial score (nSPS) is 10.5. The van der Waals surface area contributed by atoms with Gasteiger partial charge in [-0.25, -0.2) is 4.98 Å². The summed E-state index contributed by atoms with van der Waals surface area (Å²) < 4.78 is 0. The molecule has 3 aromatic rings. The number of hydrogen-bond acceptors (Lipinski definition) is 4. The highest BCUT2D eigenvalue weighted by molar-refractivity contribution is 6.05. The second-order valence-corrected chi connectivity index (χ2v) is 5.11. The highest BCUT2D eigenvalue weighted by atomic mass is 16.3. The molecule has 0 saturated heterocycles. The van der Waals surface area contributed by atoms with Gasteiger partial charge in [-0.2, -0.15) is 0 Å². The maximum absolute atomic E-state index is 12.0. The number of aromatic nitrogens is 2. The second kappa shape index (κ2) is 5.88. The lowest BCUT2D eigenvalue weighted by molar-refractivity contribution is 0.0988. The molecule has 7 nitrogen and oxygen atoms in total. The molecule has 6 N–H and O–H groups in total. The fourth-order valence-electron chi connectivity index (χ4n) is 2.54. The van der Waals surface area contributed by atoms with E-state index < -0.39 is 17.7 Å². The largest absolute Gasteiger partial charge is 0.493 e. The van der Waals surface area contributed by atoms with Gasteiger partial charge in [0, 0.05) is 5.56 Å². The van der Waals surface area contributed by atoms with Gasteiger partial charge in [0.1, 0.15) is 5.82 Å². The third-order valence-corrected chi connectivity index (χ3v) is 3.57. The Bertz CT molecular complexity index is 932. The molecule has 0 fully saturated rings. The molecule has 0 unspecified atom stereocenters. The van der Waals surface area contributed by atoms with Crippen molar-refractivity contribution in [3.05, 3.63) is 59.8 Å². The standard InChI is InChI=1S/C17H14N4O3/c18-14(22)12-10(9-5-2-1-3-6-9)7-4-8-11(12)16-20-13(15(19)23)17(24)21-16/h1-8,24H,(H2,18,22)(H2,19,23)(H,20,21). The number of nitrogens with one attached hydrogen (secondary N) is 1. The summed E-state index contributed by atoms with van der Waals surface area (Å²) in [4.78, 5) is 29.8. The first-order valence-electron chi connectivity index (χ1n) is 7.06. The average molecular weight is 322 g/mol. The number of nitrogens with zero attached hydrogens (tertiary/aromatic N) is 1. The molecule has 0 spiro atoms. The number of aromatic amines is 1. The monoisotopic (exact) mass is 322 g/mol. The minimum atomic E-state index is -0.880. The Hall–Kier alpha value is -3.61. The molecule has 3 rings (SSSR count). The maximum atomic E-state index is 12.0. The lowest BCUT2D eigenvalue weighted by Gasteiger charge is -2.11. The molecular weight excluding hydrogens is 308 g/mol. The zero-order valence-corrected chi connectivity index (χ0v) is 12.5. The number of benzene rings is 2. The molecule has 0 radical (unpaired) electrons. The van der Waals surface area contributed by atoms with E-state index in [1.165, 1.54) is 0 Å². The fraction of sp³-hybridized carbons (Fsp3) is 0. The van der Waals surface area contributed by atoms with Crippen molar-refractivity contribution in [3.8, 4) is 28.4 Å². The zero-order valence-electron chi connectivity index (χ0n) is 12.5. The lowest BCUT2D eigenvalue weighted by atomic mass is 9.94. The molecule has 0 aliphatic heterocycles. The summed E-state index contributed by atoms with van der Waals surface area (Å²) in [6.45, 7) is 0. The predicted octanol–water partition coefficient (Wildman–Crippen LogP) is 1.65. The molecule has 24 heavy (non-hydrogen) atoms. The van der Waals surface area contributed by atoms with Crippen molar-refractivity contribution in [2.24, 2.45) is 11.5 Å². The first kappa shape index (κ1) is 15.3. The number of amides is 2. The molecule has 0 aliphatic rings. The zero-order chi connectivity index (χ0) is 17.3. The number of nitrogens with two attached hydrogens (primary N) is 2. The summed E-state index contributed by atoms with van der Waals surface area (Å²) >= 11 is 0. The molecular formula is C17H14N4O3. The van der Waals surface area contributed by atoms with Crippen LogP contribution in [0.15, 0.2) is 48.5 Å². The van der Waals surface area contributed by atoms with E-state index in [9.17, 15) is 14.7 Å². The van der Waals surface area contributed by atoms with Crippen LogP contribution in [0, 0.1) is 0 Å². The third kappa shape index (κ3) is 2.58. The summed E-state index contributed by atoms with van der Waals surface area (Å²) in [6.07, 6.45) is 0. The molecule has 0 aliphatic carbocycles. The van der Waals surface area contributed by atoms with Crippen molar-refractivity contribution >= 4 is 11.8 Å². The molecule has 0 atom stereocenters. The maximum Gasteiger partial charge on any atom is 0.272 e. The van der Waals surface area contributed by atoms with E-state index in [1.54, 1.807) is 18.2 Å². The summed E-state index contributed by atoms with van der Waals surface area (Å²) in [5.41, 5.74) is 12.4. The number of hydrogen-bond donors (Lipinski definition) is 4. The van der Waals surface area contributed by atoms with Gasteiger partial charge in [-0.1, -0.05) is 48.5 Å². The number of primary amides is 2.